The van der Waals surface area contributed by atoms with Gasteiger partial charge in [-0.05, 0) is 31.2 Å². The molecule has 0 bridgehead atoms. The predicted molar refractivity (Wildman–Crippen MR) is 97.0 cm³/mol. The Bertz CT molecular complexity index is 1310. The number of hydrogen-bond donors (Lipinski definition) is 0. The largest absolute Gasteiger partial charge is 0.462 e. The fourth-order valence-corrected chi connectivity index (χ4v) is 3.00. The van der Waals surface area contributed by atoms with Crippen LogP contribution in [0.2, 0.25) is 0 Å². The Labute approximate surface area is 161 Å². The van der Waals surface area contributed by atoms with Crippen molar-refractivity contribution in [3.63, 3.8) is 0 Å². The number of carbonyl (C=O) groups is 1. The summed E-state index contributed by atoms with van der Waals surface area (Å²) >= 11 is 0. The normalized spacial score (nSPS) is 11.9. The number of hydrogen-bond acceptors (Lipinski definition) is 5. The Kier molecular flexibility index (Phi) is 4.33. The summed E-state index contributed by atoms with van der Waals surface area (Å²) in [5, 5.41) is 4.23. The van der Waals surface area contributed by atoms with Gasteiger partial charge in [0.05, 0.1) is 29.3 Å². The Hall–Kier alpha value is -3.69. The zero-order chi connectivity index (χ0) is 20.8. The van der Waals surface area contributed by atoms with Crippen LogP contribution in [-0.2, 0) is 10.9 Å². The van der Waals surface area contributed by atoms with Crippen molar-refractivity contribution in [2.75, 3.05) is 6.61 Å². The highest BCUT2D eigenvalue weighted by atomic mass is 19.4. The molecule has 10 heteroatoms. The SMILES string of the molecule is CCOC(=O)c1cnn2c1ncc1c(=O)n(-c3cccc(C(F)(F)F)c3)ccc12. The van der Waals surface area contributed by atoms with Gasteiger partial charge < -0.3 is 4.74 Å². The second-order valence-electron chi connectivity index (χ2n) is 6.11. The lowest BCUT2D eigenvalue weighted by molar-refractivity contribution is -0.137. The van der Waals surface area contributed by atoms with E-state index >= 15 is 0 Å². The molecule has 3 aromatic heterocycles. The Morgan fingerprint density at radius 2 is 2.00 bits per heavy atom. The molecule has 0 N–H and O–H groups in total. The lowest BCUT2D eigenvalue weighted by Gasteiger charge is -2.11. The highest BCUT2D eigenvalue weighted by Crippen LogP contribution is 2.30. The molecule has 1 aromatic carbocycles. The predicted octanol–water partition coefficient (Wildman–Crippen LogP) is 3.23. The van der Waals surface area contributed by atoms with Gasteiger partial charge in [-0.25, -0.2) is 14.3 Å². The highest BCUT2D eigenvalue weighted by Gasteiger charge is 2.30. The number of esters is 1. The molecule has 0 saturated carbocycles. The molecule has 148 valence electrons. The van der Waals surface area contributed by atoms with Crippen LogP contribution in [0.4, 0.5) is 13.2 Å². The molecule has 0 fully saturated rings. The average molecular weight is 402 g/mol. The van der Waals surface area contributed by atoms with Gasteiger partial charge in [0.25, 0.3) is 5.56 Å². The van der Waals surface area contributed by atoms with E-state index < -0.39 is 23.3 Å². The van der Waals surface area contributed by atoms with Crippen molar-refractivity contribution >= 4 is 22.5 Å². The minimum absolute atomic E-state index is 0.0690. The van der Waals surface area contributed by atoms with Crippen LogP contribution in [-0.4, -0.2) is 31.7 Å². The molecule has 0 radical (unpaired) electrons. The Morgan fingerprint density at radius 3 is 2.72 bits per heavy atom. The first-order valence-corrected chi connectivity index (χ1v) is 8.54. The molecule has 0 saturated heterocycles. The molecule has 3 heterocycles. The van der Waals surface area contributed by atoms with Gasteiger partial charge in [0.15, 0.2) is 5.65 Å². The Balaban J connectivity index is 1.88. The third kappa shape index (κ3) is 3.12. The van der Waals surface area contributed by atoms with E-state index in [0.29, 0.717) is 5.52 Å². The molecular weight excluding hydrogens is 389 g/mol. The zero-order valence-corrected chi connectivity index (χ0v) is 15.0. The average Bonchev–Trinajstić information content (AvgIpc) is 3.12. The maximum absolute atomic E-state index is 13.0. The number of pyridine rings is 1. The van der Waals surface area contributed by atoms with Gasteiger partial charge in [-0.1, -0.05) is 6.07 Å². The van der Waals surface area contributed by atoms with Crippen molar-refractivity contribution in [2.24, 2.45) is 0 Å². The summed E-state index contributed by atoms with van der Waals surface area (Å²) in [4.78, 5) is 29.0. The summed E-state index contributed by atoms with van der Waals surface area (Å²) in [6, 6.07) is 5.98. The fraction of sp³-hybridized carbons (Fsp3) is 0.158. The number of alkyl halides is 3. The molecule has 0 spiro atoms. The molecule has 7 nitrogen and oxygen atoms in total. The molecule has 0 unspecified atom stereocenters. The van der Waals surface area contributed by atoms with E-state index in [0.717, 1.165) is 16.7 Å². The van der Waals surface area contributed by atoms with Crippen molar-refractivity contribution in [3.05, 3.63) is 70.4 Å². The van der Waals surface area contributed by atoms with Crippen LogP contribution in [0.1, 0.15) is 22.8 Å². The number of carbonyl (C=O) groups excluding carboxylic acids is 1. The molecule has 0 atom stereocenters. The summed E-state index contributed by atoms with van der Waals surface area (Å²) in [7, 11) is 0. The van der Waals surface area contributed by atoms with E-state index in [1.165, 1.54) is 41.3 Å². The smallest absolute Gasteiger partial charge is 0.416 e. The monoisotopic (exact) mass is 402 g/mol. The third-order valence-corrected chi connectivity index (χ3v) is 4.34. The minimum Gasteiger partial charge on any atom is -0.462 e. The zero-order valence-electron chi connectivity index (χ0n) is 15.0. The quantitative estimate of drug-likeness (QED) is 0.492. The second-order valence-corrected chi connectivity index (χ2v) is 6.11. The number of nitrogens with zero attached hydrogens (tertiary/aromatic N) is 4. The van der Waals surface area contributed by atoms with Gasteiger partial charge in [0.2, 0.25) is 0 Å². The molecule has 29 heavy (non-hydrogen) atoms. The number of rotatable bonds is 3. The number of aromatic nitrogens is 4. The topological polar surface area (TPSA) is 78.5 Å². The molecule has 0 aliphatic heterocycles. The number of halogens is 3. The molecule has 0 amide bonds. The second kappa shape index (κ2) is 6.73. The summed E-state index contributed by atoms with van der Waals surface area (Å²) in [5.41, 5.74) is -0.632. The van der Waals surface area contributed by atoms with Crippen LogP contribution in [0.15, 0.2) is 53.7 Å². The van der Waals surface area contributed by atoms with Gasteiger partial charge in [0.1, 0.15) is 5.56 Å². The van der Waals surface area contributed by atoms with E-state index in [9.17, 15) is 22.8 Å². The summed E-state index contributed by atoms with van der Waals surface area (Å²) in [5.74, 6) is -0.591. The number of fused-ring (bicyclic) bond motifs is 3. The van der Waals surface area contributed by atoms with Crippen LogP contribution < -0.4 is 5.56 Å². The van der Waals surface area contributed by atoms with Crippen molar-refractivity contribution in [3.8, 4) is 5.69 Å². The maximum Gasteiger partial charge on any atom is 0.416 e. The fourth-order valence-electron chi connectivity index (χ4n) is 3.00. The summed E-state index contributed by atoms with van der Waals surface area (Å²) in [6.07, 6.45) is -0.617. The van der Waals surface area contributed by atoms with Gasteiger partial charge in [0, 0.05) is 18.1 Å². The molecule has 4 rings (SSSR count). The van der Waals surface area contributed by atoms with E-state index in [1.807, 2.05) is 0 Å². The van der Waals surface area contributed by atoms with Crippen LogP contribution in [0.3, 0.4) is 0 Å². The van der Waals surface area contributed by atoms with Crippen molar-refractivity contribution in [2.45, 2.75) is 13.1 Å². The van der Waals surface area contributed by atoms with Crippen molar-refractivity contribution < 1.29 is 22.7 Å². The van der Waals surface area contributed by atoms with E-state index in [-0.39, 0.29) is 28.9 Å². The van der Waals surface area contributed by atoms with Gasteiger partial charge in [-0.3, -0.25) is 9.36 Å². The van der Waals surface area contributed by atoms with Crippen LogP contribution >= 0.6 is 0 Å². The lowest BCUT2D eigenvalue weighted by atomic mass is 10.2. The third-order valence-electron chi connectivity index (χ3n) is 4.34. The van der Waals surface area contributed by atoms with Crippen LogP contribution in [0.5, 0.6) is 0 Å². The van der Waals surface area contributed by atoms with E-state index in [2.05, 4.69) is 10.1 Å². The van der Waals surface area contributed by atoms with Gasteiger partial charge in [-0.2, -0.15) is 18.3 Å². The minimum atomic E-state index is -4.53. The van der Waals surface area contributed by atoms with Gasteiger partial charge >= 0.3 is 12.1 Å². The summed E-state index contributed by atoms with van der Waals surface area (Å²) in [6.45, 7) is 1.86. The number of benzene rings is 1. The van der Waals surface area contributed by atoms with Gasteiger partial charge in [-0.15, -0.1) is 0 Å². The van der Waals surface area contributed by atoms with Crippen molar-refractivity contribution in [1.29, 1.82) is 0 Å². The first kappa shape index (κ1) is 18.7. The Morgan fingerprint density at radius 1 is 1.21 bits per heavy atom. The van der Waals surface area contributed by atoms with E-state index in [1.54, 1.807) is 6.92 Å². The van der Waals surface area contributed by atoms with E-state index in [4.69, 9.17) is 4.74 Å². The van der Waals surface area contributed by atoms with Crippen LogP contribution in [0.25, 0.3) is 22.2 Å². The maximum atomic E-state index is 13.0. The summed E-state index contributed by atoms with van der Waals surface area (Å²) < 4.78 is 46.3. The molecule has 4 aromatic rings. The lowest BCUT2D eigenvalue weighted by Crippen LogP contribution is -2.19. The number of ether oxygens (including phenoxy) is 1. The molecule has 0 aliphatic carbocycles. The standard InChI is InChI=1S/C19H13F3N4O3/c1-2-29-18(28)14-10-24-26-15-6-7-25(17(27)13(15)9-23-16(14)26)12-5-3-4-11(8-12)19(20,21)22/h3-10H,2H2,1H3. The molecule has 0 aliphatic rings. The first-order valence-electron chi connectivity index (χ1n) is 8.54. The molecular formula is C19H13F3N4O3. The van der Waals surface area contributed by atoms with Crippen LogP contribution in [0, 0.1) is 0 Å². The first-order chi connectivity index (χ1) is 13.8. The highest BCUT2D eigenvalue weighted by molar-refractivity contribution is 5.96. The van der Waals surface area contributed by atoms with Crippen molar-refractivity contribution in [1.82, 2.24) is 19.2 Å².